The number of aryl methyl sites for hydroxylation is 1. The largest absolute Gasteiger partial charge is 0.311 e. The zero-order valence-corrected chi connectivity index (χ0v) is 13.0. The molecule has 0 saturated carbocycles. The van der Waals surface area contributed by atoms with E-state index in [2.05, 4.69) is 15.3 Å². The molecule has 0 spiro atoms. The van der Waals surface area contributed by atoms with Crippen molar-refractivity contribution in [3.05, 3.63) is 53.4 Å². The van der Waals surface area contributed by atoms with E-state index in [1.54, 1.807) is 12.4 Å². The van der Waals surface area contributed by atoms with Gasteiger partial charge in [0.15, 0.2) is 0 Å². The molecule has 0 saturated heterocycles. The van der Waals surface area contributed by atoms with Gasteiger partial charge in [-0.2, -0.15) is 0 Å². The van der Waals surface area contributed by atoms with Gasteiger partial charge in [0.1, 0.15) is 5.82 Å². The van der Waals surface area contributed by atoms with Gasteiger partial charge < -0.3 is 5.32 Å². The van der Waals surface area contributed by atoms with Crippen molar-refractivity contribution in [1.29, 1.82) is 0 Å². The minimum atomic E-state index is -0.155. The van der Waals surface area contributed by atoms with Gasteiger partial charge in [0.05, 0.1) is 5.02 Å². The first-order valence-electron chi connectivity index (χ1n) is 6.82. The molecule has 2 heterocycles. The summed E-state index contributed by atoms with van der Waals surface area (Å²) in [5.41, 5.74) is 3.15. The molecule has 22 heavy (non-hydrogen) atoms. The van der Waals surface area contributed by atoms with Crippen LogP contribution in [0.5, 0.6) is 0 Å². The van der Waals surface area contributed by atoms with Crippen molar-refractivity contribution < 1.29 is 4.79 Å². The van der Waals surface area contributed by atoms with Gasteiger partial charge in [0.25, 0.3) is 0 Å². The lowest BCUT2D eigenvalue weighted by molar-refractivity contribution is -0.114. The van der Waals surface area contributed by atoms with Crippen LogP contribution in [0.25, 0.3) is 21.9 Å². The summed E-state index contributed by atoms with van der Waals surface area (Å²) in [6.45, 7) is 3.48. The number of amides is 1. The van der Waals surface area contributed by atoms with Gasteiger partial charge in [-0.05, 0) is 47.7 Å². The number of carbonyl (C=O) groups excluding carboxylic acids is 1. The summed E-state index contributed by atoms with van der Waals surface area (Å²) in [6, 6.07) is 7.71. The van der Waals surface area contributed by atoms with E-state index >= 15 is 0 Å². The molecule has 0 fully saturated rings. The number of hydrogen-bond acceptors (Lipinski definition) is 3. The maximum Gasteiger partial charge on any atom is 0.222 e. The van der Waals surface area contributed by atoms with Crippen molar-refractivity contribution in [3.8, 4) is 11.1 Å². The fraction of sp³-hybridized carbons (Fsp3) is 0.118. The van der Waals surface area contributed by atoms with Crippen LogP contribution >= 0.6 is 11.6 Å². The van der Waals surface area contributed by atoms with Crippen LogP contribution in [0.1, 0.15) is 12.5 Å². The summed E-state index contributed by atoms with van der Waals surface area (Å²) >= 11 is 6.37. The molecule has 0 aliphatic rings. The molecule has 110 valence electrons. The molecule has 0 bridgehead atoms. The summed E-state index contributed by atoms with van der Waals surface area (Å²) in [7, 11) is 0. The molecule has 5 heteroatoms. The summed E-state index contributed by atoms with van der Waals surface area (Å²) in [5, 5.41) is 5.07. The van der Waals surface area contributed by atoms with E-state index in [9.17, 15) is 4.79 Å². The highest BCUT2D eigenvalue weighted by Gasteiger charge is 2.08. The molecule has 0 unspecified atom stereocenters. The van der Waals surface area contributed by atoms with E-state index in [1.807, 2.05) is 37.4 Å². The summed E-state index contributed by atoms with van der Waals surface area (Å²) in [6.07, 6.45) is 5.26. The fourth-order valence-electron chi connectivity index (χ4n) is 2.38. The van der Waals surface area contributed by atoms with Gasteiger partial charge in [-0.3, -0.25) is 9.78 Å². The molecule has 3 aromatic rings. The average Bonchev–Trinajstić information content (AvgIpc) is 2.46. The number of aromatic nitrogens is 2. The minimum absolute atomic E-state index is 0.155. The summed E-state index contributed by atoms with van der Waals surface area (Å²) < 4.78 is 0. The van der Waals surface area contributed by atoms with Gasteiger partial charge in [-0.25, -0.2) is 4.98 Å². The van der Waals surface area contributed by atoms with Crippen molar-refractivity contribution in [3.63, 3.8) is 0 Å². The standard InChI is InChI=1S/C17H14ClN3O/c1-10-3-4-19-8-14(10)12-5-13-7-17(21-11(2)22)20-9-15(13)16(18)6-12/h3-9H,1-2H3,(H,20,21,22). The number of carbonyl (C=O) groups is 1. The van der Waals surface area contributed by atoms with Crippen molar-refractivity contribution >= 4 is 34.1 Å². The Bertz CT molecular complexity index is 877. The molecule has 4 nitrogen and oxygen atoms in total. The number of fused-ring (bicyclic) bond motifs is 1. The average molecular weight is 312 g/mol. The zero-order valence-electron chi connectivity index (χ0n) is 12.2. The van der Waals surface area contributed by atoms with Crippen LogP contribution in [0.4, 0.5) is 5.82 Å². The lowest BCUT2D eigenvalue weighted by atomic mass is 10.0. The maximum absolute atomic E-state index is 11.2. The molecule has 1 aromatic carbocycles. The van der Waals surface area contributed by atoms with Gasteiger partial charge in [-0.1, -0.05) is 11.6 Å². The Kier molecular flexibility index (Phi) is 3.77. The van der Waals surface area contributed by atoms with E-state index < -0.39 is 0 Å². The number of nitrogens with one attached hydrogen (secondary N) is 1. The quantitative estimate of drug-likeness (QED) is 0.771. The van der Waals surface area contributed by atoms with Crippen LogP contribution in [-0.2, 0) is 4.79 Å². The zero-order chi connectivity index (χ0) is 15.7. The van der Waals surface area contributed by atoms with E-state index in [0.717, 1.165) is 27.5 Å². The molecule has 0 radical (unpaired) electrons. The molecule has 0 aliphatic heterocycles. The van der Waals surface area contributed by atoms with E-state index in [-0.39, 0.29) is 5.91 Å². The van der Waals surface area contributed by atoms with Crippen molar-refractivity contribution in [2.75, 3.05) is 5.32 Å². The predicted molar refractivity (Wildman–Crippen MR) is 89.0 cm³/mol. The second kappa shape index (κ2) is 5.73. The third-order valence-corrected chi connectivity index (χ3v) is 3.75. The Morgan fingerprint density at radius 2 is 2.05 bits per heavy atom. The fourth-order valence-corrected chi connectivity index (χ4v) is 2.66. The minimum Gasteiger partial charge on any atom is -0.311 e. The van der Waals surface area contributed by atoms with Crippen LogP contribution in [0.3, 0.4) is 0 Å². The second-order valence-electron chi connectivity index (χ2n) is 5.12. The Labute approximate surface area is 133 Å². The van der Waals surface area contributed by atoms with E-state index in [1.165, 1.54) is 6.92 Å². The first-order valence-corrected chi connectivity index (χ1v) is 7.20. The van der Waals surface area contributed by atoms with Crippen LogP contribution in [0, 0.1) is 6.92 Å². The van der Waals surface area contributed by atoms with E-state index in [0.29, 0.717) is 10.8 Å². The van der Waals surface area contributed by atoms with Crippen LogP contribution in [0.2, 0.25) is 5.02 Å². The number of pyridine rings is 2. The Morgan fingerprint density at radius 3 is 2.77 bits per heavy atom. The van der Waals surface area contributed by atoms with Crippen LogP contribution in [0.15, 0.2) is 42.9 Å². The van der Waals surface area contributed by atoms with Gasteiger partial charge >= 0.3 is 0 Å². The molecule has 1 amide bonds. The number of anilines is 1. The highest BCUT2D eigenvalue weighted by molar-refractivity contribution is 6.36. The van der Waals surface area contributed by atoms with Gasteiger partial charge in [0, 0.05) is 36.5 Å². The van der Waals surface area contributed by atoms with Crippen molar-refractivity contribution in [1.82, 2.24) is 9.97 Å². The molecular weight excluding hydrogens is 298 g/mol. The Hall–Kier alpha value is -2.46. The first kappa shape index (κ1) is 14.5. The normalized spacial score (nSPS) is 10.7. The van der Waals surface area contributed by atoms with Crippen LogP contribution < -0.4 is 5.32 Å². The number of rotatable bonds is 2. The number of halogens is 1. The number of benzene rings is 1. The van der Waals surface area contributed by atoms with E-state index in [4.69, 9.17) is 11.6 Å². The number of nitrogens with zero attached hydrogens (tertiary/aromatic N) is 2. The van der Waals surface area contributed by atoms with Crippen molar-refractivity contribution in [2.24, 2.45) is 0 Å². The second-order valence-corrected chi connectivity index (χ2v) is 5.53. The topological polar surface area (TPSA) is 54.9 Å². The SMILES string of the molecule is CC(=O)Nc1cc2cc(-c3cnccc3C)cc(Cl)c2cn1. The highest BCUT2D eigenvalue weighted by atomic mass is 35.5. The highest BCUT2D eigenvalue weighted by Crippen LogP contribution is 2.32. The molecule has 0 atom stereocenters. The van der Waals surface area contributed by atoms with Gasteiger partial charge in [0.2, 0.25) is 5.91 Å². The van der Waals surface area contributed by atoms with Crippen LogP contribution in [-0.4, -0.2) is 15.9 Å². The summed E-state index contributed by atoms with van der Waals surface area (Å²) in [5.74, 6) is 0.355. The Balaban J connectivity index is 2.17. The lowest BCUT2D eigenvalue weighted by Gasteiger charge is -2.09. The molecule has 0 aliphatic carbocycles. The monoisotopic (exact) mass is 311 g/mol. The van der Waals surface area contributed by atoms with Crippen molar-refractivity contribution in [2.45, 2.75) is 13.8 Å². The number of hydrogen-bond donors (Lipinski definition) is 1. The molecular formula is C17H14ClN3O. The first-order chi connectivity index (χ1) is 10.5. The molecule has 2 aromatic heterocycles. The molecule has 3 rings (SSSR count). The lowest BCUT2D eigenvalue weighted by Crippen LogP contribution is -2.07. The van der Waals surface area contributed by atoms with Gasteiger partial charge in [-0.15, -0.1) is 0 Å². The maximum atomic E-state index is 11.2. The summed E-state index contributed by atoms with van der Waals surface area (Å²) in [4.78, 5) is 19.5. The predicted octanol–water partition coefficient (Wildman–Crippen LogP) is 4.22. The third kappa shape index (κ3) is 2.78. The Morgan fingerprint density at radius 1 is 1.23 bits per heavy atom. The third-order valence-electron chi connectivity index (χ3n) is 3.44. The molecule has 1 N–H and O–H groups in total. The smallest absolute Gasteiger partial charge is 0.222 e.